The van der Waals surface area contributed by atoms with E-state index in [9.17, 15) is 8.42 Å². The Balaban J connectivity index is 2.24. The van der Waals surface area contributed by atoms with Gasteiger partial charge in [-0.15, -0.1) is 0 Å². The van der Waals surface area contributed by atoms with Crippen molar-refractivity contribution in [2.75, 3.05) is 18.8 Å². The first-order valence-electron chi connectivity index (χ1n) is 8.10. The van der Waals surface area contributed by atoms with E-state index in [2.05, 4.69) is 30.8 Å². The number of hydrogen-bond donors (Lipinski definition) is 2. The fourth-order valence-corrected chi connectivity index (χ4v) is 4.18. The molecule has 1 saturated carbocycles. The second-order valence-electron chi connectivity index (χ2n) is 6.52. The minimum absolute atomic E-state index is 0.228. The molecule has 1 aliphatic rings. The van der Waals surface area contributed by atoms with Crippen LogP contribution in [0.4, 0.5) is 0 Å². The highest BCUT2D eigenvalue weighted by Crippen LogP contribution is 2.40. The molecule has 2 N–H and O–H groups in total. The minimum Gasteiger partial charge on any atom is -0.315 e. The smallest absolute Gasteiger partial charge is 0.211 e. The van der Waals surface area contributed by atoms with Gasteiger partial charge in [-0.2, -0.15) is 0 Å². The molecule has 0 saturated heterocycles. The number of nitrogens with one attached hydrogen (secondary N) is 2. The van der Waals surface area contributed by atoms with E-state index in [1.165, 1.54) is 25.7 Å². The van der Waals surface area contributed by atoms with Crippen LogP contribution in [-0.4, -0.2) is 33.3 Å². The van der Waals surface area contributed by atoms with Gasteiger partial charge in [0, 0.05) is 12.6 Å². The van der Waals surface area contributed by atoms with Gasteiger partial charge in [-0.05, 0) is 44.1 Å². The molecule has 5 heteroatoms. The highest BCUT2D eigenvalue weighted by atomic mass is 32.2. The Kier molecular flexibility index (Phi) is 7.48. The molecular weight excluding hydrogens is 272 g/mol. The molecule has 0 heterocycles. The zero-order valence-electron chi connectivity index (χ0n) is 13.4. The van der Waals surface area contributed by atoms with E-state index in [-0.39, 0.29) is 11.2 Å². The molecule has 0 aromatic heterocycles. The van der Waals surface area contributed by atoms with Gasteiger partial charge in [0.1, 0.15) is 0 Å². The van der Waals surface area contributed by atoms with Crippen molar-refractivity contribution >= 4 is 10.0 Å². The molecule has 0 aliphatic heterocycles. The van der Waals surface area contributed by atoms with Gasteiger partial charge >= 0.3 is 0 Å². The van der Waals surface area contributed by atoms with Crippen molar-refractivity contribution in [2.24, 2.45) is 5.41 Å². The van der Waals surface area contributed by atoms with Gasteiger partial charge in [-0.25, -0.2) is 13.1 Å². The summed E-state index contributed by atoms with van der Waals surface area (Å²) in [6.07, 6.45) is 7.56. The van der Waals surface area contributed by atoms with Crippen molar-refractivity contribution < 1.29 is 8.42 Å². The molecule has 20 heavy (non-hydrogen) atoms. The van der Waals surface area contributed by atoms with E-state index >= 15 is 0 Å². The number of unbranched alkanes of at least 4 members (excludes halogenated alkanes) is 1. The van der Waals surface area contributed by atoms with Crippen molar-refractivity contribution in [3.05, 3.63) is 0 Å². The van der Waals surface area contributed by atoms with E-state index in [1.807, 2.05) is 0 Å². The third-order valence-electron chi connectivity index (χ3n) is 4.47. The van der Waals surface area contributed by atoms with E-state index in [4.69, 9.17) is 0 Å². The van der Waals surface area contributed by atoms with Crippen molar-refractivity contribution in [3.63, 3.8) is 0 Å². The molecule has 120 valence electrons. The summed E-state index contributed by atoms with van der Waals surface area (Å²) in [5, 5.41) is 3.31. The van der Waals surface area contributed by atoms with Gasteiger partial charge < -0.3 is 5.32 Å². The largest absolute Gasteiger partial charge is 0.315 e. The number of sulfonamides is 1. The molecule has 0 unspecified atom stereocenters. The average Bonchev–Trinajstić information content (AvgIpc) is 2.85. The summed E-state index contributed by atoms with van der Waals surface area (Å²) in [6, 6.07) is 0.469. The van der Waals surface area contributed by atoms with Crippen LogP contribution in [0.15, 0.2) is 0 Å². The maximum atomic E-state index is 12.0. The summed E-state index contributed by atoms with van der Waals surface area (Å²) < 4.78 is 26.9. The van der Waals surface area contributed by atoms with Crippen LogP contribution in [0.1, 0.15) is 65.7 Å². The topological polar surface area (TPSA) is 58.2 Å². The summed E-state index contributed by atoms with van der Waals surface area (Å²) in [6.45, 7) is 7.91. The third-order valence-corrected chi connectivity index (χ3v) is 5.88. The molecule has 0 atom stereocenters. The molecule has 0 aromatic rings. The van der Waals surface area contributed by atoms with Crippen LogP contribution in [0.5, 0.6) is 0 Å². The zero-order chi connectivity index (χ0) is 15.1. The fourth-order valence-electron chi connectivity index (χ4n) is 2.92. The third kappa shape index (κ3) is 6.55. The first kappa shape index (κ1) is 17.9. The summed E-state index contributed by atoms with van der Waals surface area (Å²) >= 11 is 0. The summed E-state index contributed by atoms with van der Waals surface area (Å²) in [5.74, 6) is 0.257. The Morgan fingerprint density at radius 3 is 2.35 bits per heavy atom. The second kappa shape index (κ2) is 8.35. The highest BCUT2D eigenvalue weighted by molar-refractivity contribution is 7.89. The van der Waals surface area contributed by atoms with Gasteiger partial charge in [0.2, 0.25) is 10.0 Å². The molecule has 1 aliphatic carbocycles. The van der Waals surface area contributed by atoms with E-state index in [0.717, 1.165) is 25.8 Å². The SMILES string of the molecule is CCC1(CNS(=O)(=O)CCCCNC(C)C)CCCC1. The van der Waals surface area contributed by atoms with Gasteiger partial charge in [0.15, 0.2) is 0 Å². The molecule has 0 aromatic carbocycles. The number of rotatable bonds is 10. The normalized spacial score (nSPS) is 18.8. The van der Waals surface area contributed by atoms with Crippen LogP contribution in [0, 0.1) is 5.41 Å². The van der Waals surface area contributed by atoms with Gasteiger partial charge in [-0.1, -0.05) is 33.6 Å². The predicted octanol–water partition coefficient (Wildman–Crippen LogP) is 2.65. The molecule has 0 spiro atoms. The van der Waals surface area contributed by atoms with E-state index in [0.29, 0.717) is 12.6 Å². The molecule has 0 amide bonds. The predicted molar refractivity (Wildman–Crippen MR) is 85.4 cm³/mol. The molecule has 0 bridgehead atoms. The van der Waals surface area contributed by atoms with Crippen molar-refractivity contribution in [2.45, 2.75) is 71.8 Å². The molecule has 4 nitrogen and oxygen atoms in total. The Labute approximate surface area is 125 Å². The first-order chi connectivity index (χ1) is 9.39. The van der Waals surface area contributed by atoms with Crippen molar-refractivity contribution in [3.8, 4) is 0 Å². The maximum Gasteiger partial charge on any atom is 0.211 e. The minimum atomic E-state index is -3.10. The maximum absolute atomic E-state index is 12.0. The summed E-state index contributed by atoms with van der Waals surface area (Å²) in [5.41, 5.74) is 0.228. The van der Waals surface area contributed by atoms with Crippen molar-refractivity contribution in [1.82, 2.24) is 10.0 Å². The Bertz CT molecular complexity index is 360. The summed E-state index contributed by atoms with van der Waals surface area (Å²) in [4.78, 5) is 0. The van der Waals surface area contributed by atoms with Gasteiger partial charge in [-0.3, -0.25) is 0 Å². The van der Waals surface area contributed by atoms with Crippen LogP contribution < -0.4 is 10.0 Å². The van der Waals surface area contributed by atoms with Gasteiger partial charge in [0.25, 0.3) is 0 Å². The average molecular weight is 305 g/mol. The summed E-state index contributed by atoms with van der Waals surface area (Å²) in [7, 11) is -3.10. The Morgan fingerprint density at radius 2 is 1.80 bits per heavy atom. The van der Waals surface area contributed by atoms with Crippen LogP contribution >= 0.6 is 0 Å². The van der Waals surface area contributed by atoms with Crippen LogP contribution in [0.25, 0.3) is 0 Å². The number of hydrogen-bond acceptors (Lipinski definition) is 3. The molecule has 1 rings (SSSR count). The van der Waals surface area contributed by atoms with Crippen LogP contribution in [-0.2, 0) is 10.0 Å². The van der Waals surface area contributed by atoms with E-state index in [1.54, 1.807) is 0 Å². The zero-order valence-corrected chi connectivity index (χ0v) is 14.2. The molecule has 0 radical (unpaired) electrons. The van der Waals surface area contributed by atoms with Crippen LogP contribution in [0.2, 0.25) is 0 Å². The van der Waals surface area contributed by atoms with Crippen LogP contribution in [0.3, 0.4) is 0 Å². The standard InChI is InChI=1S/C15H32N2O2S/c1-4-15(9-5-6-10-15)13-17-20(18,19)12-8-7-11-16-14(2)3/h14,16-17H,4-13H2,1-3H3. The fraction of sp³-hybridized carbons (Fsp3) is 1.00. The van der Waals surface area contributed by atoms with Crippen molar-refractivity contribution in [1.29, 1.82) is 0 Å². The Morgan fingerprint density at radius 1 is 1.15 bits per heavy atom. The monoisotopic (exact) mass is 304 g/mol. The lowest BCUT2D eigenvalue weighted by atomic mass is 9.84. The van der Waals surface area contributed by atoms with Gasteiger partial charge in [0.05, 0.1) is 5.75 Å². The Hall–Kier alpha value is -0.130. The lowest BCUT2D eigenvalue weighted by molar-refractivity contribution is 0.285. The molecule has 1 fully saturated rings. The molecular formula is C15H32N2O2S. The second-order valence-corrected chi connectivity index (χ2v) is 8.44. The quantitative estimate of drug-likeness (QED) is 0.610. The first-order valence-corrected chi connectivity index (χ1v) is 9.75. The highest BCUT2D eigenvalue weighted by Gasteiger charge is 2.32. The lowest BCUT2D eigenvalue weighted by Crippen LogP contribution is -2.37. The van der Waals surface area contributed by atoms with E-state index < -0.39 is 10.0 Å². The lowest BCUT2D eigenvalue weighted by Gasteiger charge is -2.27.